The van der Waals surface area contributed by atoms with Gasteiger partial charge in [-0.3, -0.25) is 0 Å². The molecule has 0 bridgehead atoms. The molecule has 10 aromatic rings. The molecule has 0 fully saturated rings. The Labute approximate surface area is 320 Å². The largest absolute Gasteiger partial charge is 0.228 e. The zero-order valence-corrected chi connectivity index (χ0v) is 30.7. The van der Waals surface area contributed by atoms with Gasteiger partial charge in [0.25, 0.3) is 0 Å². The Hall–Kier alpha value is -6.90. The minimum atomic E-state index is -0.179. The molecular weight excluding hydrogens is 665 g/mol. The average molecular weight is 701 g/mol. The molecule has 1 heterocycles. The van der Waals surface area contributed by atoms with E-state index in [2.05, 4.69) is 190 Å². The van der Waals surface area contributed by atoms with E-state index in [9.17, 15) is 0 Å². The predicted octanol–water partition coefficient (Wildman–Crippen LogP) is 14.1. The molecule has 0 N–H and O–H groups in total. The maximum Gasteiger partial charge on any atom is 0.160 e. The number of benzene rings is 9. The first-order chi connectivity index (χ1) is 27.0. The Balaban J connectivity index is 1.17. The number of nitrogens with zero attached hydrogens (tertiary/aromatic N) is 2. The highest BCUT2D eigenvalue weighted by atomic mass is 14.9. The van der Waals surface area contributed by atoms with Crippen molar-refractivity contribution in [3.8, 4) is 56.2 Å². The van der Waals surface area contributed by atoms with Gasteiger partial charge in [-0.1, -0.05) is 184 Å². The Morgan fingerprint density at radius 3 is 1.78 bits per heavy atom. The van der Waals surface area contributed by atoms with Crippen LogP contribution in [0.15, 0.2) is 182 Å². The maximum absolute atomic E-state index is 5.34. The number of hydrogen-bond donors (Lipinski definition) is 0. The minimum Gasteiger partial charge on any atom is -0.228 e. The minimum absolute atomic E-state index is 0.179. The van der Waals surface area contributed by atoms with Gasteiger partial charge >= 0.3 is 0 Å². The Bertz CT molecular complexity index is 3170. The van der Waals surface area contributed by atoms with Crippen LogP contribution in [0.3, 0.4) is 0 Å². The van der Waals surface area contributed by atoms with E-state index in [0.717, 1.165) is 39.3 Å². The zero-order valence-electron chi connectivity index (χ0n) is 30.7. The van der Waals surface area contributed by atoms with Gasteiger partial charge < -0.3 is 0 Å². The van der Waals surface area contributed by atoms with Crippen LogP contribution in [-0.4, -0.2) is 9.97 Å². The first-order valence-electron chi connectivity index (χ1n) is 19.1. The highest BCUT2D eigenvalue weighted by Gasteiger charge is 2.37. The van der Waals surface area contributed by atoms with E-state index in [0.29, 0.717) is 0 Å². The highest BCUT2D eigenvalue weighted by Crippen LogP contribution is 2.52. The van der Waals surface area contributed by atoms with Gasteiger partial charge in [-0.2, -0.15) is 0 Å². The van der Waals surface area contributed by atoms with E-state index in [1.54, 1.807) is 0 Å². The second kappa shape index (κ2) is 12.1. The summed E-state index contributed by atoms with van der Waals surface area (Å²) in [6, 6.07) is 66.0. The molecule has 1 aliphatic carbocycles. The molecule has 9 aromatic carbocycles. The molecule has 1 aromatic heterocycles. The van der Waals surface area contributed by atoms with Crippen molar-refractivity contribution >= 4 is 43.1 Å². The van der Waals surface area contributed by atoms with Crippen molar-refractivity contribution in [2.75, 3.05) is 0 Å². The summed E-state index contributed by atoms with van der Waals surface area (Å²) in [5, 5.41) is 9.90. The summed E-state index contributed by atoms with van der Waals surface area (Å²) in [7, 11) is 0. The van der Waals surface area contributed by atoms with Gasteiger partial charge in [-0.15, -0.1) is 0 Å². The number of fused-ring (bicyclic) bond motifs is 8. The van der Waals surface area contributed by atoms with Crippen molar-refractivity contribution in [3.63, 3.8) is 0 Å². The first-order valence-corrected chi connectivity index (χ1v) is 19.1. The summed E-state index contributed by atoms with van der Waals surface area (Å²) in [6.07, 6.45) is 0. The van der Waals surface area contributed by atoms with Crippen LogP contribution in [0.25, 0.3) is 99.2 Å². The van der Waals surface area contributed by atoms with E-state index in [1.165, 1.54) is 71.1 Å². The standard InChI is InChI=1S/C53H36N2/c1-53(2)47-26-13-12-23-40(47)44-24-14-25-45(51(44)53)49-32-48(54-52(55-49)34-16-4-3-5-17-34)41-29-30-42(39-22-11-10-21-38(39)41)50-37-20-9-7-18-35(37)31-46-36-19-8-6-15-33(36)27-28-43(46)50/h3-32H,1-2H3. The van der Waals surface area contributed by atoms with Crippen LogP contribution in [0.2, 0.25) is 0 Å². The van der Waals surface area contributed by atoms with Crippen LogP contribution in [-0.2, 0) is 5.41 Å². The van der Waals surface area contributed by atoms with E-state index in [1.807, 2.05) is 6.07 Å². The third-order valence-electron chi connectivity index (χ3n) is 11.9. The van der Waals surface area contributed by atoms with Gasteiger partial charge in [-0.25, -0.2) is 9.97 Å². The van der Waals surface area contributed by atoms with E-state index < -0.39 is 0 Å². The monoisotopic (exact) mass is 700 g/mol. The van der Waals surface area contributed by atoms with Crippen LogP contribution in [0.5, 0.6) is 0 Å². The van der Waals surface area contributed by atoms with Crippen LogP contribution in [0, 0.1) is 0 Å². The summed E-state index contributed by atoms with van der Waals surface area (Å²) in [5.41, 5.74) is 12.6. The average Bonchev–Trinajstić information content (AvgIpc) is 3.48. The van der Waals surface area contributed by atoms with Crippen molar-refractivity contribution in [3.05, 3.63) is 193 Å². The SMILES string of the molecule is CC1(C)c2ccccc2-c2cccc(-c3cc(-c4ccc(-c5c6ccccc6cc6c5ccc5ccccc56)c5ccccc45)nc(-c4ccccc4)n3)c21. The van der Waals surface area contributed by atoms with Crippen molar-refractivity contribution in [1.29, 1.82) is 0 Å². The molecule has 2 nitrogen and oxygen atoms in total. The first kappa shape index (κ1) is 31.6. The van der Waals surface area contributed by atoms with Gasteiger partial charge in [0, 0.05) is 22.1 Å². The fraction of sp³-hybridized carbons (Fsp3) is 0.0566. The molecule has 11 rings (SSSR count). The fourth-order valence-electron chi connectivity index (χ4n) is 9.35. The summed E-state index contributed by atoms with van der Waals surface area (Å²) in [4.78, 5) is 10.7. The van der Waals surface area contributed by atoms with E-state index in [4.69, 9.17) is 9.97 Å². The lowest BCUT2D eigenvalue weighted by Crippen LogP contribution is -2.16. The van der Waals surface area contributed by atoms with Crippen molar-refractivity contribution in [2.24, 2.45) is 0 Å². The topological polar surface area (TPSA) is 25.8 Å². The van der Waals surface area contributed by atoms with Crippen molar-refractivity contribution < 1.29 is 0 Å². The summed E-state index contributed by atoms with van der Waals surface area (Å²) in [5.74, 6) is 0.721. The number of aromatic nitrogens is 2. The molecule has 0 amide bonds. The van der Waals surface area contributed by atoms with Crippen molar-refractivity contribution in [1.82, 2.24) is 9.97 Å². The Morgan fingerprint density at radius 2 is 0.964 bits per heavy atom. The molecule has 0 saturated heterocycles. The molecule has 0 spiro atoms. The van der Waals surface area contributed by atoms with Crippen LogP contribution in [0.4, 0.5) is 0 Å². The molecular formula is C53H36N2. The zero-order chi connectivity index (χ0) is 36.7. The fourth-order valence-corrected chi connectivity index (χ4v) is 9.35. The van der Waals surface area contributed by atoms with Gasteiger partial charge in [0.15, 0.2) is 5.82 Å². The number of rotatable bonds is 4. The number of hydrogen-bond acceptors (Lipinski definition) is 2. The highest BCUT2D eigenvalue weighted by molar-refractivity contribution is 6.23. The van der Waals surface area contributed by atoms with Gasteiger partial charge in [0.05, 0.1) is 11.4 Å². The smallest absolute Gasteiger partial charge is 0.160 e. The van der Waals surface area contributed by atoms with Crippen LogP contribution in [0.1, 0.15) is 25.0 Å². The second-order valence-corrected chi connectivity index (χ2v) is 15.3. The molecule has 1 aliphatic rings. The van der Waals surface area contributed by atoms with Crippen LogP contribution < -0.4 is 0 Å². The lowest BCUT2D eigenvalue weighted by molar-refractivity contribution is 0.662. The van der Waals surface area contributed by atoms with E-state index in [-0.39, 0.29) is 5.41 Å². The lowest BCUT2D eigenvalue weighted by atomic mass is 9.79. The molecule has 0 atom stereocenters. The quantitative estimate of drug-likeness (QED) is 0.135. The van der Waals surface area contributed by atoms with E-state index >= 15 is 0 Å². The molecule has 0 unspecified atom stereocenters. The molecule has 258 valence electrons. The third kappa shape index (κ3) is 4.81. The Morgan fingerprint density at radius 1 is 0.364 bits per heavy atom. The Kier molecular flexibility index (Phi) is 6.93. The summed E-state index contributed by atoms with van der Waals surface area (Å²) >= 11 is 0. The second-order valence-electron chi connectivity index (χ2n) is 15.3. The molecule has 0 saturated carbocycles. The summed E-state index contributed by atoms with van der Waals surface area (Å²) < 4.78 is 0. The van der Waals surface area contributed by atoms with Crippen molar-refractivity contribution in [2.45, 2.75) is 19.3 Å². The van der Waals surface area contributed by atoms with Gasteiger partial charge in [0.1, 0.15) is 0 Å². The maximum atomic E-state index is 5.34. The normalized spacial score (nSPS) is 13.1. The van der Waals surface area contributed by atoms with Gasteiger partial charge in [-0.05, 0) is 88.6 Å². The molecule has 55 heavy (non-hydrogen) atoms. The third-order valence-corrected chi connectivity index (χ3v) is 11.9. The lowest BCUT2D eigenvalue weighted by Gasteiger charge is -2.24. The van der Waals surface area contributed by atoms with Crippen LogP contribution >= 0.6 is 0 Å². The molecule has 0 radical (unpaired) electrons. The summed E-state index contributed by atoms with van der Waals surface area (Å²) in [6.45, 7) is 4.68. The molecule has 0 aliphatic heterocycles. The van der Waals surface area contributed by atoms with Gasteiger partial charge in [0.2, 0.25) is 0 Å². The predicted molar refractivity (Wildman–Crippen MR) is 231 cm³/mol. The molecule has 2 heteroatoms.